The van der Waals surface area contributed by atoms with E-state index in [4.69, 9.17) is 11.6 Å². The molecule has 0 radical (unpaired) electrons. The highest BCUT2D eigenvalue weighted by Gasteiger charge is 2.39. The topological polar surface area (TPSA) is 66.3 Å². The van der Waals surface area contributed by atoms with E-state index in [-0.39, 0.29) is 17.1 Å². The van der Waals surface area contributed by atoms with Crippen LogP contribution in [-0.4, -0.2) is 44.3 Å². The van der Waals surface area contributed by atoms with Crippen LogP contribution in [-0.2, 0) is 6.54 Å². The number of rotatable bonds is 2. The number of thioether (sulfide) groups is 1. The van der Waals surface area contributed by atoms with Gasteiger partial charge in [0.25, 0.3) is 5.91 Å². The summed E-state index contributed by atoms with van der Waals surface area (Å²) < 4.78 is 0. The van der Waals surface area contributed by atoms with Crippen LogP contribution in [0.5, 0.6) is 0 Å². The standard InChI is InChI=1S/C13H16ClN3O2S/c1-20-13-15-7-6-17(8-4-2-3-5-9(8)18)12(19)10(7)11(14)16-13/h8-9,18H,2-6H2,1H3. The molecular formula is C13H16ClN3O2S. The number of carbonyl (C=O) groups excluding carboxylic acids is 1. The van der Waals surface area contributed by atoms with E-state index in [9.17, 15) is 9.90 Å². The molecule has 1 aromatic rings. The molecule has 1 fully saturated rings. The highest BCUT2D eigenvalue weighted by atomic mass is 35.5. The van der Waals surface area contributed by atoms with Gasteiger partial charge in [0.2, 0.25) is 0 Å². The summed E-state index contributed by atoms with van der Waals surface area (Å²) in [6, 6.07) is -0.126. The molecule has 5 nitrogen and oxygen atoms in total. The van der Waals surface area contributed by atoms with E-state index in [2.05, 4.69) is 9.97 Å². The number of amides is 1. The zero-order valence-corrected chi connectivity index (χ0v) is 12.7. The molecule has 1 aliphatic carbocycles. The van der Waals surface area contributed by atoms with E-state index >= 15 is 0 Å². The molecule has 1 amide bonds. The number of fused-ring (bicyclic) bond motifs is 1. The Kier molecular flexibility index (Phi) is 3.88. The quantitative estimate of drug-likeness (QED) is 0.514. The molecule has 0 aromatic carbocycles. The monoisotopic (exact) mass is 313 g/mol. The van der Waals surface area contributed by atoms with Crippen LogP contribution >= 0.6 is 23.4 Å². The first-order valence-electron chi connectivity index (χ1n) is 6.71. The van der Waals surface area contributed by atoms with E-state index in [1.807, 2.05) is 6.26 Å². The third-order valence-corrected chi connectivity index (χ3v) is 4.81. The first-order chi connectivity index (χ1) is 9.61. The number of hydrogen-bond donors (Lipinski definition) is 1. The fourth-order valence-corrected chi connectivity index (χ4v) is 3.68. The van der Waals surface area contributed by atoms with E-state index in [0.717, 1.165) is 25.7 Å². The minimum absolute atomic E-state index is 0.126. The lowest BCUT2D eigenvalue weighted by molar-refractivity contribution is 0.0189. The van der Waals surface area contributed by atoms with Crippen molar-refractivity contribution >= 4 is 29.3 Å². The van der Waals surface area contributed by atoms with Crippen LogP contribution in [0.25, 0.3) is 0 Å². The summed E-state index contributed by atoms with van der Waals surface area (Å²) in [5.74, 6) is -0.149. The Morgan fingerprint density at radius 2 is 2.10 bits per heavy atom. The van der Waals surface area contributed by atoms with Crippen molar-refractivity contribution in [2.75, 3.05) is 6.26 Å². The van der Waals surface area contributed by atoms with Gasteiger partial charge in [-0.15, -0.1) is 0 Å². The van der Waals surface area contributed by atoms with Crippen molar-refractivity contribution in [1.29, 1.82) is 0 Å². The first-order valence-corrected chi connectivity index (χ1v) is 8.31. The van der Waals surface area contributed by atoms with E-state index in [0.29, 0.717) is 23.0 Å². The van der Waals surface area contributed by atoms with Crippen LogP contribution in [0.2, 0.25) is 5.15 Å². The number of halogens is 1. The molecule has 0 spiro atoms. The van der Waals surface area contributed by atoms with Gasteiger partial charge in [0.15, 0.2) is 5.16 Å². The Bertz CT molecular complexity index is 555. The van der Waals surface area contributed by atoms with E-state index in [1.165, 1.54) is 11.8 Å². The van der Waals surface area contributed by atoms with Crippen molar-refractivity contribution in [3.05, 3.63) is 16.4 Å². The summed E-state index contributed by atoms with van der Waals surface area (Å²) in [5, 5.41) is 10.9. The molecule has 0 saturated heterocycles. The van der Waals surface area contributed by atoms with Gasteiger partial charge in [-0.1, -0.05) is 36.2 Å². The fraction of sp³-hybridized carbons (Fsp3) is 0.615. The number of carbonyl (C=O) groups is 1. The summed E-state index contributed by atoms with van der Waals surface area (Å²) in [5.41, 5.74) is 1.08. The Morgan fingerprint density at radius 3 is 2.80 bits per heavy atom. The lowest BCUT2D eigenvalue weighted by Crippen LogP contribution is -2.45. The SMILES string of the molecule is CSc1nc(Cl)c2c(n1)CN(C1CCCCC1O)C2=O. The molecule has 1 aliphatic heterocycles. The summed E-state index contributed by atoms with van der Waals surface area (Å²) in [7, 11) is 0. The molecule has 2 heterocycles. The summed E-state index contributed by atoms with van der Waals surface area (Å²) >= 11 is 7.52. The number of hydrogen-bond acceptors (Lipinski definition) is 5. The minimum atomic E-state index is -0.450. The Balaban J connectivity index is 1.92. The van der Waals surface area contributed by atoms with Crippen molar-refractivity contribution in [2.24, 2.45) is 0 Å². The maximum absolute atomic E-state index is 12.5. The highest BCUT2D eigenvalue weighted by molar-refractivity contribution is 7.98. The molecule has 20 heavy (non-hydrogen) atoms. The summed E-state index contributed by atoms with van der Waals surface area (Å²) in [6.07, 6.45) is 5.06. The molecule has 2 unspecified atom stereocenters. The normalized spacial score (nSPS) is 25.9. The van der Waals surface area contributed by atoms with Gasteiger partial charge >= 0.3 is 0 Å². The van der Waals surface area contributed by atoms with Crippen LogP contribution in [0.4, 0.5) is 0 Å². The van der Waals surface area contributed by atoms with Gasteiger partial charge in [-0.3, -0.25) is 4.79 Å². The predicted octanol–water partition coefficient (Wildman–Crippen LogP) is 2.11. The molecular weight excluding hydrogens is 298 g/mol. The van der Waals surface area contributed by atoms with Gasteiger partial charge in [-0.2, -0.15) is 0 Å². The van der Waals surface area contributed by atoms with Gasteiger partial charge in [0, 0.05) is 0 Å². The molecule has 1 saturated carbocycles. The van der Waals surface area contributed by atoms with Crippen LogP contribution < -0.4 is 0 Å². The van der Waals surface area contributed by atoms with Crippen LogP contribution in [0, 0.1) is 0 Å². The number of aliphatic hydroxyl groups is 1. The molecule has 2 atom stereocenters. The van der Waals surface area contributed by atoms with Gasteiger partial charge in [-0.25, -0.2) is 9.97 Å². The minimum Gasteiger partial charge on any atom is -0.391 e. The summed E-state index contributed by atoms with van der Waals surface area (Å²) in [6.45, 7) is 0.422. The van der Waals surface area contributed by atoms with Crippen molar-refractivity contribution in [3.8, 4) is 0 Å². The number of nitrogens with zero attached hydrogens (tertiary/aromatic N) is 3. The van der Waals surface area contributed by atoms with Crippen LogP contribution in [0.3, 0.4) is 0 Å². The average molecular weight is 314 g/mol. The van der Waals surface area contributed by atoms with Crippen molar-refractivity contribution in [2.45, 2.75) is 49.5 Å². The molecule has 1 N–H and O–H groups in total. The lowest BCUT2D eigenvalue weighted by atomic mass is 9.91. The van der Waals surface area contributed by atoms with Gasteiger partial charge in [-0.05, 0) is 19.1 Å². The maximum atomic E-state index is 12.5. The molecule has 7 heteroatoms. The molecule has 2 aliphatic rings. The van der Waals surface area contributed by atoms with Gasteiger partial charge in [0.05, 0.1) is 24.4 Å². The third kappa shape index (κ3) is 2.29. The zero-order chi connectivity index (χ0) is 14.3. The Labute approximate surface area is 126 Å². The maximum Gasteiger partial charge on any atom is 0.259 e. The van der Waals surface area contributed by atoms with Crippen molar-refractivity contribution in [3.63, 3.8) is 0 Å². The molecule has 108 valence electrons. The number of aliphatic hydroxyl groups excluding tert-OH is 1. The molecule has 1 aromatic heterocycles. The van der Waals surface area contributed by atoms with E-state index in [1.54, 1.807) is 4.90 Å². The van der Waals surface area contributed by atoms with Gasteiger partial charge < -0.3 is 10.0 Å². The lowest BCUT2D eigenvalue weighted by Gasteiger charge is -2.34. The second kappa shape index (κ2) is 5.50. The third-order valence-electron chi connectivity index (χ3n) is 3.99. The Hall–Kier alpha value is -0.850. The van der Waals surface area contributed by atoms with Crippen molar-refractivity contribution < 1.29 is 9.90 Å². The number of aromatic nitrogens is 2. The second-order valence-electron chi connectivity index (χ2n) is 5.18. The van der Waals surface area contributed by atoms with Crippen molar-refractivity contribution in [1.82, 2.24) is 14.9 Å². The molecule has 0 bridgehead atoms. The second-order valence-corrected chi connectivity index (χ2v) is 6.31. The predicted molar refractivity (Wildman–Crippen MR) is 77.0 cm³/mol. The largest absolute Gasteiger partial charge is 0.391 e. The first kappa shape index (κ1) is 14.1. The van der Waals surface area contributed by atoms with Crippen LogP contribution in [0.1, 0.15) is 41.7 Å². The summed E-state index contributed by atoms with van der Waals surface area (Å²) in [4.78, 5) is 22.7. The molecule has 3 rings (SSSR count). The zero-order valence-electron chi connectivity index (χ0n) is 11.2. The average Bonchev–Trinajstić information content (AvgIpc) is 2.76. The highest BCUT2D eigenvalue weighted by Crippen LogP contribution is 2.33. The Morgan fingerprint density at radius 1 is 1.35 bits per heavy atom. The van der Waals surface area contributed by atoms with Gasteiger partial charge in [0.1, 0.15) is 10.7 Å². The smallest absolute Gasteiger partial charge is 0.259 e. The fourth-order valence-electron chi connectivity index (χ4n) is 2.97. The van der Waals surface area contributed by atoms with E-state index < -0.39 is 6.10 Å². The van der Waals surface area contributed by atoms with Crippen LogP contribution in [0.15, 0.2) is 5.16 Å².